The van der Waals surface area contributed by atoms with Gasteiger partial charge in [0.1, 0.15) is 0 Å². The summed E-state index contributed by atoms with van der Waals surface area (Å²) in [7, 11) is 0. The van der Waals surface area contributed by atoms with Crippen molar-refractivity contribution in [1.29, 1.82) is 0 Å². The highest BCUT2D eigenvalue weighted by Crippen LogP contribution is 2.27. The number of aromatic nitrogens is 1. The maximum Gasteiger partial charge on any atom is 0.0312 e. The molecule has 0 radical (unpaired) electrons. The molecule has 2 aliphatic rings. The van der Waals surface area contributed by atoms with Crippen LogP contribution in [0.3, 0.4) is 0 Å². The Morgan fingerprint density at radius 3 is 2.74 bits per heavy atom. The van der Waals surface area contributed by atoms with Gasteiger partial charge in [-0.1, -0.05) is 6.42 Å². The largest absolute Gasteiger partial charge is 0.354 e. The molecule has 1 aromatic rings. The van der Waals surface area contributed by atoms with Gasteiger partial charge in [0, 0.05) is 25.0 Å². The van der Waals surface area contributed by atoms with Crippen molar-refractivity contribution >= 4 is 0 Å². The molecular weight excluding hydrogens is 234 g/mol. The summed E-state index contributed by atoms with van der Waals surface area (Å²) in [4.78, 5) is 2.60. The normalized spacial score (nSPS) is 24.4. The summed E-state index contributed by atoms with van der Waals surface area (Å²) in [5, 5.41) is 0. The molecule has 2 N–H and O–H groups in total. The van der Waals surface area contributed by atoms with Crippen molar-refractivity contribution in [2.24, 2.45) is 5.73 Å². The minimum absolute atomic E-state index is 0.275. The van der Waals surface area contributed by atoms with Gasteiger partial charge >= 0.3 is 0 Å². The first-order chi connectivity index (χ1) is 9.33. The van der Waals surface area contributed by atoms with Crippen molar-refractivity contribution in [3.05, 3.63) is 23.5 Å². The van der Waals surface area contributed by atoms with E-state index in [2.05, 4.69) is 21.9 Å². The Labute approximate surface area is 116 Å². The Kier molecular flexibility index (Phi) is 4.24. The third-order valence-corrected chi connectivity index (χ3v) is 4.70. The molecule has 1 unspecified atom stereocenters. The number of nitrogens with two attached hydrogens (primary N) is 1. The molecule has 1 fully saturated rings. The molecule has 1 atom stereocenters. The molecule has 1 aromatic heterocycles. The van der Waals surface area contributed by atoms with Gasteiger partial charge in [-0.2, -0.15) is 0 Å². The summed E-state index contributed by atoms with van der Waals surface area (Å²) >= 11 is 0. The van der Waals surface area contributed by atoms with Crippen LogP contribution < -0.4 is 5.73 Å². The number of nitrogens with zero attached hydrogens (tertiary/aromatic N) is 2. The van der Waals surface area contributed by atoms with Crippen molar-refractivity contribution in [1.82, 2.24) is 9.47 Å². The van der Waals surface area contributed by atoms with E-state index in [1.165, 1.54) is 69.3 Å². The van der Waals surface area contributed by atoms with E-state index >= 15 is 0 Å². The van der Waals surface area contributed by atoms with Crippen LogP contribution in [0.1, 0.15) is 55.7 Å². The Balaban J connectivity index is 1.55. The topological polar surface area (TPSA) is 34.2 Å². The first-order valence-corrected chi connectivity index (χ1v) is 7.99. The third-order valence-electron chi connectivity index (χ3n) is 4.70. The zero-order valence-electron chi connectivity index (χ0n) is 12.0. The average molecular weight is 261 g/mol. The van der Waals surface area contributed by atoms with E-state index < -0.39 is 0 Å². The molecule has 3 heteroatoms. The minimum Gasteiger partial charge on any atom is -0.354 e. The van der Waals surface area contributed by atoms with Gasteiger partial charge in [-0.15, -0.1) is 0 Å². The van der Waals surface area contributed by atoms with E-state index in [0.29, 0.717) is 0 Å². The van der Waals surface area contributed by atoms with Gasteiger partial charge < -0.3 is 15.2 Å². The zero-order chi connectivity index (χ0) is 13.1. The molecule has 106 valence electrons. The van der Waals surface area contributed by atoms with E-state index in [-0.39, 0.29) is 6.04 Å². The van der Waals surface area contributed by atoms with E-state index in [9.17, 15) is 0 Å². The van der Waals surface area contributed by atoms with Gasteiger partial charge in [0.25, 0.3) is 0 Å². The summed E-state index contributed by atoms with van der Waals surface area (Å²) in [5.74, 6) is 0. The molecular formula is C16H27N3. The van der Waals surface area contributed by atoms with Crippen LogP contribution in [0.5, 0.6) is 0 Å². The molecule has 0 spiro atoms. The molecule has 3 nitrogen and oxygen atoms in total. The number of hydrogen-bond donors (Lipinski definition) is 1. The lowest BCUT2D eigenvalue weighted by molar-refractivity contribution is 0.325. The van der Waals surface area contributed by atoms with Gasteiger partial charge in [0.2, 0.25) is 0 Å². The molecule has 1 aliphatic heterocycles. The third kappa shape index (κ3) is 3.21. The van der Waals surface area contributed by atoms with Gasteiger partial charge in [-0.25, -0.2) is 0 Å². The second-order valence-electron chi connectivity index (χ2n) is 6.23. The minimum atomic E-state index is 0.275. The van der Waals surface area contributed by atoms with E-state index in [1.807, 2.05) is 0 Å². The van der Waals surface area contributed by atoms with E-state index in [0.717, 1.165) is 13.0 Å². The van der Waals surface area contributed by atoms with E-state index in [1.54, 1.807) is 0 Å². The highest BCUT2D eigenvalue weighted by Gasteiger charge is 2.17. The van der Waals surface area contributed by atoms with Crippen LogP contribution in [-0.2, 0) is 13.0 Å². The monoisotopic (exact) mass is 261 g/mol. The highest BCUT2D eigenvalue weighted by atomic mass is 15.1. The van der Waals surface area contributed by atoms with Gasteiger partial charge in [0.05, 0.1) is 0 Å². The number of likely N-dealkylation sites (tertiary alicyclic amines) is 1. The summed E-state index contributed by atoms with van der Waals surface area (Å²) in [6, 6.07) is 0.275. The molecule has 3 rings (SSSR count). The summed E-state index contributed by atoms with van der Waals surface area (Å²) < 4.78 is 2.38. The molecule has 19 heavy (non-hydrogen) atoms. The Morgan fingerprint density at radius 2 is 1.89 bits per heavy atom. The van der Waals surface area contributed by atoms with Gasteiger partial charge in [0.15, 0.2) is 0 Å². The van der Waals surface area contributed by atoms with E-state index in [4.69, 9.17) is 5.73 Å². The summed E-state index contributed by atoms with van der Waals surface area (Å²) in [5.41, 5.74) is 9.19. The fourth-order valence-electron chi connectivity index (χ4n) is 3.56. The van der Waals surface area contributed by atoms with Crippen molar-refractivity contribution in [2.75, 3.05) is 19.6 Å². The predicted molar refractivity (Wildman–Crippen MR) is 79.2 cm³/mol. The van der Waals surface area contributed by atoms with Crippen molar-refractivity contribution in [3.8, 4) is 0 Å². The smallest absolute Gasteiger partial charge is 0.0312 e. The van der Waals surface area contributed by atoms with Crippen LogP contribution in [0.2, 0.25) is 0 Å². The lowest BCUT2D eigenvalue weighted by atomic mass is 10.1. The fourth-order valence-corrected chi connectivity index (χ4v) is 3.56. The number of hydrogen-bond acceptors (Lipinski definition) is 2. The fraction of sp³-hybridized carbons (Fsp3) is 0.750. The second-order valence-corrected chi connectivity index (χ2v) is 6.23. The number of rotatable bonds is 4. The first kappa shape index (κ1) is 13.2. The van der Waals surface area contributed by atoms with Crippen LogP contribution in [0, 0.1) is 0 Å². The molecule has 0 saturated carbocycles. The molecule has 0 bridgehead atoms. The highest BCUT2D eigenvalue weighted by molar-refractivity contribution is 5.28. The van der Waals surface area contributed by atoms with Crippen LogP contribution in [0.4, 0.5) is 0 Å². The van der Waals surface area contributed by atoms with Gasteiger partial charge in [-0.3, -0.25) is 0 Å². The first-order valence-electron chi connectivity index (χ1n) is 7.99. The van der Waals surface area contributed by atoms with Crippen LogP contribution in [-0.4, -0.2) is 29.1 Å². The number of aryl methyl sites for hydroxylation is 2. The SMILES string of the molecule is NC1CCCCc2cn(CCCN3CCCC3)cc21. The second kappa shape index (κ2) is 6.10. The van der Waals surface area contributed by atoms with Gasteiger partial charge in [-0.05, 0) is 69.3 Å². The Bertz CT molecular complexity index is 404. The zero-order valence-corrected chi connectivity index (χ0v) is 12.0. The molecule has 0 aromatic carbocycles. The molecule has 1 aliphatic carbocycles. The van der Waals surface area contributed by atoms with Crippen molar-refractivity contribution in [3.63, 3.8) is 0 Å². The summed E-state index contributed by atoms with van der Waals surface area (Å²) in [6.45, 7) is 5.03. The van der Waals surface area contributed by atoms with Crippen LogP contribution in [0.15, 0.2) is 12.4 Å². The predicted octanol–water partition coefficient (Wildman–Crippen LogP) is 2.70. The van der Waals surface area contributed by atoms with Crippen LogP contribution >= 0.6 is 0 Å². The van der Waals surface area contributed by atoms with Crippen LogP contribution in [0.25, 0.3) is 0 Å². The molecule has 2 heterocycles. The Morgan fingerprint density at radius 1 is 1.05 bits per heavy atom. The lowest BCUT2D eigenvalue weighted by Crippen LogP contribution is -2.21. The maximum atomic E-state index is 6.27. The standard InChI is InChI=1S/C16H27N3/c17-16-7-2-1-6-14-12-19(13-15(14)16)11-5-10-18-8-3-4-9-18/h12-13,16H,1-11,17H2. The summed E-state index contributed by atoms with van der Waals surface area (Å²) in [6.07, 6.45) is 13.7. The van der Waals surface area contributed by atoms with Crippen molar-refractivity contribution in [2.45, 2.75) is 57.5 Å². The average Bonchev–Trinajstić information content (AvgIpc) is 3.01. The quantitative estimate of drug-likeness (QED) is 0.846. The Hall–Kier alpha value is -0.800. The maximum absolute atomic E-state index is 6.27. The molecule has 1 saturated heterocycles. The lowest BCUT2D eigenvalue weighted by Gasteiger charge is -2.14. The number of fused-ring (bicyclic) bond motifs is 1. The molecule has 0 amide bonds. The van der Waals surface area contributed by atoms with Crippen molar-refractivity contribution < 1.29 is 0 Å².